The molecule has 0 aliphatic rings. The Morgan fingerprint density at radius 3 is 2.15 bits per heavy atom. The maximum Gasteiger partial charge on any atom is 0.416 e. The molecule has 2 rings (SSSR count). The lowest BCUT2D eigenvalue weighted by atomic mass is 9.97. The van der Waals surface area contributed by atoms with Crippen molar-refractivity contribution in [1.29, 1.82) is 0 Å². The third-order valence-electron chi connectivity index (χ3n) is 3.04. The number of benzene rings is 2. The third-order valence-corrected chi connectivity index (χ3v) is 3.04. The monoisotopic (exact) mass is 283 g/mol. The molecular weight excluding hydrogens is 270 g/mol. The molecule has 5 heteroatoms. The highest BCUT2D eigenvalue weighted by Gasteiger charge is 2.31. The SMILES string of the molecule is CNC(c1ccc(F)cc1)c1cccc(C(F)(F)F)c1. The summed E-state index contributed by atoms with van der Waals surface area (Å²) in [6, 6.07) is 10.4. The molecule has 0 spiro atoms. The van der Waals surface area contributed by atoms with Gasteiger partial charge in [-0.1, -0.05) is 24.3 Å². The lowest BCUT2D eigenvalue weighted by molar-refractivity contribution is -0.137. The summed E-state index contributed by atoms with van der Waals surface area (Å²) in [5, 5.41) is 2.94. The second kappa shape index (κ2) is 5.63. The molecule has 0 radical (unpaired) electrons. The van der Waals surface area contributed by atoms with Crippen molar-refractivity contribution in [2.75, 3.05) is 7.05 Å². The van der Waals surface area contributed by atoms with Gasteiger partial charge in [0, 0.05) is 0 Å². The largest absolute Gasteiger partial charge is 0.416 e. The lowest BCUT2D eigenvalue weighted by Gasteiger charge is -2.18. The molecule has 0 aliphatic carbocycles. The molecule has 0 fully saturated rings. The van der Waals surface area contributed by atoms with E-state index >= 15 is 0 Å². The number of hydrogen-bond donors (Lipinski definition) is 1. The predicted molar refractivity (Wildman–Crippen MR) is 68.7 cm³/mol. The van der Waals surface area contributed by atoms with Crippen LogP contribution in [0.2, 0.25) is 0 Å². The van der Waals surface area contributed by atoms with E-state index in [2.05, 4.69) is 5.32 Å². The van der Waals surface area contributed by atoms with E-state index in [0.29, 0.717) is 11.1 Å². The maximum atomic E-state index is 12.9. The van der Waals surface area contributed by atoms with Crippen LogP contribution in [0.25, 0.3) is 0 Å². The topological polar surface area (TPSA) is 12.0 Å². The Morgan fingerprint density at radius 2 is 1.60 bits per heavy atom. The number of rotatable bonds is 3. The molecule has 1 unspecified atom stereocenters. The summed E-state index contributed by atoms with van der Waals surface area (Å²) >= 11 is 0. The van der Waals surface area contributed by atoms with Crippen molar-refractivity contribution in [3.05, 3.63) is 71.0 Å². The second-order valence-corrected chi connectivity index (χ2v) is 4.40. The van der Waals surface area contributed by atoms with Gasteiger partial charge in [-0.15, -0.1) is 0 Å². The van der Waals surface area contributed by atoms with Crippen LogP contribution < -0.4 is 5.32 Å². The first-order chi connectivity index (χ1) is 9.41. The van der Waals surface area contributed by atoms with Gasteiger partial charge < -0.3 is 5.32 Å². The normalized spacial score (nSPS) is 13.2. The standard InChI is InChI=1S/C15H13F4N/c1-20-14(10-5-7-13(16)8-6-10)11-3-2-4-12(9-11)15(17,18)19/h2-9,14,20H,1H3. The average Bonchev–Trinajstić information content (AvgIpc) is 2.41. The third kappa shape index (κ3) is 3.17. The minimum absolute atomic E-state index is 0.382. The molecule has 0 aliphatic heterocycles. The summed E-state index contributed by atoms with van der Waals surface area (Å²) in [4.78, 5) is 0. The van der Waals surface area contributed by atoms with Gasteiger partial charge in [-0.25, -0.2) is 4.39 Å². The van der Waals surface area contributed by atoms with Gasteiger partial charge >= 0.3 is 6.18 Å². The Balaban J connectivity index is 2.39. The van der Waals surface area contributed by atoms with Crippen LogP contribution in [0.5, 0.6) is 0 Å². The van der Waals surface area contributed by atoms with Gasteiger partial charge in [0.25, 0.3) is 0 Å². The molecule has 2 aromatic carbocycles. The van der Waals surface area contributed by atoms with Gasteiger partial charge in [0.1, 0.15) is 5.82 Å². The molecule has 1 atom stereocenters. The fourth-order valence-corrected chi connectivity index (χ4v) is 2.08. The van der Waals surface area contributed by atoms with Crippen molar-refractivity contribution in [3.63, 3.8) is 0 Å². The summed E-state index contributed by atoms with van der Waals surface area (Å²) in [6.07, 6.45) is -4.38. The van der Waals surface area contributed by atoms with E-state index in [0.717, 1.165) is 12.1 Å². The van der Waals surface area contributed by atoms with Crippen LogP contribution in [0, 0.1) is 5.82 Å². The lowest BCUT2D eigenvalue weighted by Crippen LogP contribution is -2.18. The zero-order chi connectivity index (χ0) is 14.8. The van der Waals surface area contributed by atoms with Crippen molar-refractivity contribution in [2.45, 2.75) is 12.2 Å². The van der Waals surface area contributed by atoms with Crippen molar-refractivity contribution in [2.24, 2.45) is 0 Å². The first kappa shape index (κ1) is 14.5. The first-order valence-corrected chi connectivity index (χ1v) is 6.01. The van der Waals surface area contributed by atoms with Crippen molar-refractivity contribution >= 4 is 0 Å². The molecule has 0 saturated carbocycles. The molecule has 0 heterocycles. The van der Waals surface area contributed by atoms with E-state index in [-0.39, 0.29) is 5.82 Å². The van der Waals surface area contributed by atoms with Gasteiger partial charge in [0.15, 0.2) is 0 Å². The molecule has 0 bridgehead atoms. The van der Waals surface area contributed by atoms with Gasteiger partial charge in [0.05, 0.1) is 11.6 Å². The molecule has 0 aromatic heterocycles. The van der Waals surface area contributed by atoms with E-state index < -0.39 is 17.8 Å². The van der Waals surface area contributed by atoms with Gasteiger partial charge in [-0.05, 0) is 42.4 Å². The van der Waals surface area contributed by atoms with Crippen LogP contribution in [-0.2, 0) is 6.18 Å². The van der Waals surface area contributed by atoms with Gasteiger partial charge in [-0.3, -0.25) is 0 Å². The molecule has 20 heavy (non-hydrogen) atoms. The zero-order valence-corrected chi connectivity index (χ0v) is 10.7. The van der Waals surface area contributed by atoms with Crippen LogP contribution >= 0.6 is 0 Å². The fraction of sp³-hybridized carbons (Fsp3) is 0.200. The Kier molecular flexibility index (Phi) is 4.09. The molecule has 0 saturated heterocycles. The van der Waals surface area contributed by atoms with Crippen molar-refractivity contribution < 1.29 is 17.6 Å². The Bertz CT molecular complexity index is 575. The summed E-state index contributed by atoms with van der Waals surface area (Å²) in [7, 11) is 1.65. The smallest absolute Gasteiger partial charge is 0.309 e. The minimum atomic E-state index is -4.38. The van der Waals surface area contributed by atoms with E-state index in [9.17, 15) is 17.6 Å². The summed E-state index contributed by atoms with van der Waals surface area (Å²) in [5.74, 6) is -0.382. The predicted octanol–water partition coefficient (Wildman–Crippen LogP) is 4.15. The van der Waals surface area contributed by atoms with Crippen LogP contribution in [0.4, 0.5) is 17.6 Å². The van der Waals surface area contributed by atoms with Crippen molar-refractivity contribution in [1.82, 2.24) is 5.32 Å². The first-order valence-electron chi connectivity index (χ1n) is 6.01. The van der Waals surface area contributed by atoms with Crippen LogP contribution in [0.1, 0.15) is 22.7 Å². The highest BCUT2D eigenvalue weighted by Crippen LogP contribution is 2.32. The quantitative estimate of drug-likeness (QED) is 0.834. The van der Waals surface area contributed by atoms with Crippen molar-refractivity contribution in [3.8, 4) is 0 Å². The molecule has 1 N–H and O–H groups in total. The van der Waals surface area contributed by atoms with Gasteiger partial charge in [-0.2, -0.15) is 13.2 Å². The molecule has 2 aromatic rings. The highest BCUT2D eigenvalue weighted by atomic mass is 19.4. The Morgan fingerprint density at radius 1 is 0.950 bits per heavy atom. The number of alkyl halides is 3. The number of nitrogens with one attached hydrogen (secondary N) is 1. The Labute approximate surface area is 114 Å². The van der Waals surface area contributed by atoms with Crippen LogP contribution in [-0.4, -0.2) is 7.05 Å². The zero-order valence-electron chi connectivity index (χ0n) is 10.7. The van der Waals surface area contributed by atoms with E-state index in [1.807, 2.05) is 0 Å². The molecule has 0 amide bonds. The average molecular weight is 283 g/mol. The van der Waals surface area contributed by atoms with E-state index in [1.165, 1.54) is 18.2 Å². The highest BCUT2D eigenvalue weighted by molar-refractivity contribution is 5.35. The minimum Gasteiger partial charge on any atom is -0.309 e. The number of halogens is 4. The second-order valence-electron chi connectivity index (χ2n) is 4.40. The summed E-state index contributed by atoms with van der Waals surface area (Å²) in [5.41, 5.74) is 0.486. The molecular formula is C15H13F4N. The fourth-order valence-electron chi connectivity index (χ4n) is 2.08. The molecule has 106 valence electrons. The maximum absolute atomic E-state index is 12.9. The van der Waals surface area contributed by atoms with Crippen LogP contribution in [0.3, 0.4) is 0 Å². The summed E-state index contributed by atoms with van der Waals surface area (Å²) in [6.45, 7) is 0. The van der Waals surface area contributed by atoms with Gasteiger partial charge in [0.2, 0.25) is 0 Å². The van der Waals surface area contributed by atoms with E-state index in [1.54, 1.807) is 25.2 Å². The number of hydrogen-bond acceptors (Lipinski definition) is 1. The van der Waals surface area contributed by atoms with Crippen LogP contribution in [0.15, 0.2) is 48.5 Å². The molecule has 1 nitrogen and oxygen atoms in total. The Hall–Kier alpha value is -1.88. The van der Waals surface area contributed by atoms with E-state index in [4.69, 9.17) is 0 Å². The summed E-state index contributed by atoms with van der Waals surface area (Å²) < 4.78 is 51.1.